The Morgan fingerprint density at radius 1 is 1.26 bits per heavy atom. The molecule has 0 saturated carbocycles. The normalized spacial score (nSPS) is 32.6. The Kier molecular flexibility index (Phi) is 5.95. The molecule has 1 saturated heterocycles. The van der Waals surface area contributed by atoms with Crippen molar-refractivity contribution in [2.24, 2.45) is 0 Å². The van der Waals surface area contributed by atoms with Gasteiger partial charge in [0.15, 0.2) is 12.1 Å². The third-order valence-electron chi connectivity index (χ3n) is 4.88. The van der Waals surface area contributed by atoms with Crippen LogP contribution in [-0.2, 0) is 15.9 Å². The smallest absolute Gasteiger partial charge is 0.187 e. The Balaban J connectivity index is 1.57. The topological polar surface area (TPSA) is 126 Å². The molecule has 1 aromatic rings. The van der Waals surface area contributed by atoms with Gasteiger partial charge in [0.05, 0.1) is 13.2 Å². The highest BCUT2D eigenvalue weighted by Gasteiger charge is 2.44. The van der Waals surface area contributed by atoms with Gasteiger partial charge in [-0.2, -0.15) is 0 Å². The van der Waals surface area contributed by atoms with Crippen LogP contribution in [0.4, 0.5) is 0 Å². The van der Waals surface area contributed by atoms with Crippen molar-refractivity contribution in [3.63, 3.8) is 0 Å². The average Bonchev–Trinajstić information content (AvgIpc) is 3.08. The minimum absolute atomic E-state index is 0.0130. The molecular formula is C19H24O8. The van der Waals surface area contributed by atoms with Crippen molar-refractivity contribution >= 4 is 5.78 Å². The molecule has 8 heteroatoms. The molecule has 6 atom stereocenters. The zero-order valence-corrected chi connectivity index (χ0v) is 14.9. The van der Waals surface area contributed by atoms with Crippen LogP contribution in [0, 0.1) is 0 Å². The lowest BCUT2D eigenvalue weighted by Gasteiger charge is -2.39. The first kappa shape index (κ1) is 19.9. The van der Waals surface area contributed by atoms with Crippen molar-refractivity contribution in [3.8, 4) is 5.75 Å². The van der Waals surface area contributed by atoms with Crippen LogP contribution in [0.3, 0.4) is 0 Å². The van der Waals surface area contributed by atoms with E-state index in [4.69, 9.17) is 14.2 Å². The van der Waals surface area contributed by atoms with Crippen molar-refractivity contribution in [2.75, 3.05) is 13.2 Å². The summed E-state index contributed by atoms with van der Waals surface area (Å²) >= 11 is 0. The summed E-state index contributed by atoms with van der Waals surface area (Å²) in [6.07, 6.45) is -6.46. The number of fused-ring (bicyclic) bond motifs is 1. The predicted molar refractivity (Wildman–Crippen MR) is 93.4 cm³/mol. The molecule has 1 fully saturated rings. The van der Waals surface area contributed by atoms with Crippen LogP contribution in [0.1, 0.15) is 22.8 Å². The fraction of sp³-hybridized carbons (Fsp3) is 0.526. The predicted octanol–water partition coefficient (Wildman–Crippen LogP) is -0.435. The molecule has 0 spiro atoms. The number of ketones is 1. The minimum Gasteiger partial charge on any atom is -0.485 e. The van der Waals surface area contributed by atoms with Crippen molar-refractivity contribution in [1.29, 1.82) is 0 Å². The number of hydrogen-bond acceptors (Lipinski definition) is 8. The van der Waals surface area contributed by atoms with Crippen LogP contribution in [0.15, 0.2) is 30.4 Å². The van der Waals surface area contributed by atoms with Crippen LogP contribution in [0.2, 0.25) is 0 Å². The van der Waals surface area contributed by atoms with Crippen LogP contribution >= 0.6 is 0 Å². The molecule has 8 nitrogen and oxygen atoms in total. The van der Waals surface area contributed by atoms with E-state index in [-0.39, 0.29) is 18.5 Å². The van der Waals surface area contributed by atoms with Crippen molar-refractivity contribution < 1.29 is 39.4 Å². The third kappa shape index (κ3) is 4.06. The molecule has 27 heavy (non-hydrogen) atoms. The summed E-state index contributed by atoms with van der Waals surface area (Å²) in [6.45, 7) is 4.91. The molecule has 0 aromatic heterocycles. The number of Topliss-reactive ketones (excluding diaryl/α,β-unsaturated/α-hetero) is 1. The number of carbonyl (C=O) groups is 1. The average molecular weight is 380 g/mol. The summed E-state index contributed by atoms with van der Waals surface area (Å²) in [5, 5.41) is 38.8. The summed E-state index contributed by atoms with van der Waals surface area (Å²) in [5.41, 5.74) is 2.11. The summed E-state index contributed by atoms with van der Waals surface area (Å²) in [4.78, 5) is 11.5. The number of hydrogen-bond donors (Lipinski definition) is 4. The number of aliphatic hydroxyl groups is 4. The van der Waals surface area contributed by atoms with E-state index in [9.17, 15) is 25.2 Å². The standard InChI is InChI=1S/C19H24O8/c1-9(8-25-19-18(24)17(23)16(22)15(7-20)27-19)14-6-12-5-11(10(2)21)3-4-13(12)26-14/h3-5,14-20,22-24H,1,6-8H2,2H3/t14-,15-,16-,17+,18-,19-/m1/s1. The van der Waals surface area contributed by atoms with Crippen LogP contribution < -0.4 is 4.74 Å². The highest BCUT2D eigenvalue weighted by Crippen LogP contribution is 2.32. The lowest BCUT2D eigenvalue weighted by Crippen LogP contribution is -2.59. The first-order valence-corrected chi connectivity index (χ1v) is 8.72. The Labute approximate surface area is 156 Å². The fourth-order valence-electron chi connectivity index (χ4n) is 3.18. The number of carbonyl (C=O) groups excluding carboxylic acids is 1. The highest BCUT2D eigenvalue weighted by molar-refractivity contribution is 5.94. The van der Waals surface area contributed by atoms with Crippen LogP contribution in [0.25, 0.3) is 0 Å². The number of aliphatic hydroxyl groups excluding tert-OH is 4. The van der Waals surface area contributed by atoms with Crippen molar-refractivity contribution in [2.45, 2.75) is 50.2 Å². The number of benzene rings is 1. The van der Waals surface area contributed by atoms with Crippen LogP contribution in [0.5, 0.6) is 5.75 Å². The van der Waals surface area contributed by atoms with Gasteiger partial charge in [-0.05, 0) is 36.3 Å². The molecule has 148 valence electrons. The van der Waals surface area contributed by atoms with Crippen LogP contribution in [-0.4, -0.2) is 76.2 Å². The van der Waals surface area contributed by atoms with E-state index in [1.165, 1.54) is 6.92 Å². The largest absolute Gasteiger partial charge is 0.485 e. The van der Waals surface area contributed by atoms with E-state index < -0.39 is 37.3 Å². The van der Waals surface area contributed by atoms with Gasteiger partial charge in [0.2, 0.25) is 0 Å². The molecule has 1 aromatic carbocycles. The molecule has 0 radical (unpaired) electrons. The first-order chi connectivity index (χ1) is 12.8. The zero-order valence-electron chi connectivity index (χ0n) is 14.9. The summed E-state index contributed by atoms with van der Waals surface area (Å²) < 4.78 is 16.6. The quantitative estimate of drug-likeness (QED) is 0.387. The van der Waals surface area contributed by atoms with Gasteiger partial charge in [0, 0.05) is 12.0 Å². The second-order valence-corrected chi connectivity index (χ2v) is 6.86. The van der Waals surface area contributed by atoms with E-state index in [0.29, 0.717) is 23.3 Å². The third-order valence-corrected chi connectivity index (χ3v) is 4.88. The van der Waals surface area contributed by atoms with E-state index in [1.54, 1.807) is 18.2 Å². The molecule has 0 amide bonds. The molecule has 2 aliphatic rings. The highest BCUT2D eigenvalue weighted by atomic mass is 16.7. The Morgan fingerprint density at radius 2 is 2.00 bits per heavy atom. The van der Waals surface area contributed by atoms with Gasteiger partial charge in [0.25, 0.3) is 0 Å². The van der Waals surface area contributed by atoms with E-state index >= 15 is 0 Å². The monoisotopic (exact) mass is 380 g/mol. The maximum atomic E-state index is 11.5. The molecule has 0 bridgehead atoms. The lowest BCUT2D eigenvalue weighted by molar-refractivity contribution is -0.299. The first-order valence-electron chi connectivity index (χ1n) is 8.72. The lowest BCUT2D eigenvalue weighted by atomic mass is 9.99. The number of ether oxygens (including phenoxy) is 3. The van der Waals surface area contributed by atoms with Crippen molar-refractivity contribution in [1.82, 2.24) is 0 Å². The molecule has 0 unspecified atom stereocenters. The van der Waals surface area contributed by atoms with Gasteiger partial charge in [-0.3, -0.25) is 4.79 Å². The molecule has 2 aliphatic heterocycles. The minimum atomic E-state index is -1.49. The van der Waals surface area contributed by atoms with Gasteiger partial charge in [-0.25, -0.2) is 0 Å². The van der Waals surface area contributed by atoms with Gasteiger partial charge >= 0.3 is 0 Å². The zero-order chi connectivity index (χ0) is 19.7. The molecule has 0 aliphatic carbocycles. The summed E-state index contributed by atoms with van der Waals surface area (Å²) in [5.74, 6) is 0.657. The van der Waals surface area contributed by atoms with E-state index in [1.807, 2.05) is 0 Å². The summed E-state index contributed by atoms with van der Waals surface area (Å²) in [6, 6.07) is 5.25. The SMILES string of the molecule is C=C(CO[C@@H]1O[C@H](CO)[C@@H](O)[C@H](O)[C@H]1O)[C@H]1Cc2cc(C(C)=O)ccc2O1. The molecular weight excluding hydrogens is 356 g/mol. The second-order valence-electron chi connectivity index (χ2n) is 6.86. The van der Waals surface area contributed by atoms with Gasteiger partial charge in [-0.1, -0.05) is 6.58 Å². The van der Waals surface area contributed by atoms with Crippen molar-refractivity contribution in [3.05, 3.63) is 41.5 Å². The van der Waals surface area contributed by atoms with E-state index in [2.05, 4.69) is 6.58 Å². The maximum absolute atomic E-state index is 11.5. The summed E-state index contributed by atoms with van der Waals surface area (Å²) in [7, 11) is 0. The molecule has 4 N–H and O–H groups in total. The van der Waals surface area contributed by atoms with E-state index in [0.717, 1.165) is 5.56 Å². The molecule has 2 heterocycles. The Morgan fingerprint density at radius 3 is 2.67 bits per heavy atom. The number of rotatable bonds is 6. The maximum Gasteiger partial charge on any atom is 0.187 e. The van der Waals surface area contributed by atoms with Gasteiger partial charge < -0.3 is 34.6 Å². The Bertz CT molecular complexity index is 716. The van der Waals surface area contributed by atoms with Gasteiger partial charge in [0.1, 0.15) is 36.3 Å². The fourth-order valence-corrected chi connectivity index (χ4v) is 3.18. The Hall–Kier alpha value is -1.81. The molecule has 3 rings (SSSR count). The van der Waals surface area contributed by atoms with Gasteiger partial charge in [-0.15, -0.1) is 0 Å². The second kappa shape index (κ2) is 8.05.